The van der Waals surface area contributed by atoms with Gasteiger partial charge in [-0.05, 0) is 25.2 Å². The van der Waals surface area contributed by atoms with Crippen molar-refractivity contribution in [2.24, 2.45) is 5.41 Å². The minimum atomic E-state index is 0.407. The SMILES string of the molecule is Cc1c(N)ncnc1NCC1(C)CCCCC1. The molecule has 0 aromatic carbocycles. The van der Waals surface area contributed by atoms with Crippen LogP contribution in [0.25, 0.3) is 0 Å². The van der Waals surface area contributed by atoms with Crippen LogP contribution in [0.2, 0.25) is 0 Å². The van der Waals surface area contributed by atoms with Crippen molar-refractivity contribution in [3.63, 3.8) is 0 Å². The predicted molar refractivity (Wildman–Crippen MR) is 70.9 cm³/mol. The summed E-state index contributed by atoms with van der Waals surface area (Å²) in [5.41, 5.74) is 7.13. The quantitative estimate of drug-likeness (QED) is 0.844. The second-order valence-electron chi connectivity index (χ2n) is 5.46. The minimum Gasteiger partial charge on any atom is -0.383 e. The molecule has 0 radical (unpaired) electrons. The monoisotopic (exact) mass is 234 g/mol. The van der Waals surface area contributed by atoms with Crippen LogP contribution in [0, 0.1) is 12.3 Å². The normalized spacial score (nSPS) is 18.9. The molecule has 0 bridgehead atoms. The van der Waals surface area contributed by atoms with Crippen LogP contribution in [0.4, 0.5) is 11.6 Å². The summed E-state index contributed by atoms with van der Waals surface area (Å²) in [6.07, 6.45) is 8.22. The Hall–Kier alpha value is -1.32. The Balaban J connectivity index is 1.99. The van der Waals surface area contributed by atoms with E-state index in [1.807, 2.05) is 6.92 Å². The van der Waals surface area contributed by atoms with E-state index in [9.17, 15) is 0 Å². The molecule has 0 atom stereocenters. The Kier molecular flexibility index (Phi) is 3.50. The molecule has 94 valence electrons. The van der Waals surface area contributed by atoms with E-state index in [4.69, 9.17) is 5.73 Å². The standard InChI is InChI=1S/C13H22N4/c1-10-11(14)16-9-17-12(10)15-8-13(2)6-4-3-5-7-13/h9H,3-8H2,1-2H3,(H3,14,15,16,17). The van der Waals surface area contributed by atoms with Crippen LogP contribution in [0.15, 0.2) is 6.33 Å². The van der Waals surface area contributed by atoms with Crippen molar-refractivity contribution in [3.05, 3.63) is 11.9 Å². The number of hydrogen-bond donors (Lipinski definition) is 2. The Bertz CT molecular complexity index is 383. The third-order valence-corrected chi connectivity index (χ3v) is 3.87. The molecule has 0 saturated heterocycles. The number of rotatable bonds is 3. The maximum Gasteiger partial charge on any atom is 0.134 e. The molecule has 3 N–H and O–H groups in total. The number of anilines is 2. The van der Waals surface area contributed by atoms with E-state index in [2.05, 4.69) is 22.2 Å². The van der Waals surface area contributed by atoms with Gasteiger partial charge in [-0.25, -0.2) is 9.97 Å². The molecule has 0 amide bonds. The van der Waals surface area contributed by atoms with Crippen molar-refractivity contribution in [1.82, 2.24) is 9.97 Å². The van der Waals surface area contributed by atoms with Crippen molar-refractivity contribution in [1.29, 1.82) is 0 Å². The zero-order chi connectivity index (χ0) is 12.3. The van der Waals surface area contributed by atoms with E-state index in [1.54, 1.807) is 0 Å². The average molecular weight is 234 g/mol. The molecule has 1 aromatic heterocycles. The van der Waals surface area contributed by atoms with Gasteiger partial charge >= 0.3 is 0 Å². The van der Waals surface area contributed by atoms with Gasteiger partial charge < -0.3 is 11.1 Å². The predicted octanol–water partition coefficient (Wildman–Crippen LogP) is 2.75. The fourth-order valence-electron chi connectivity index (χ4n) is 2.52. The van der Waals surface area contributed by atoms with Gasteiger partial charge in [-0.2, -0.15) is 0 Å². The lowest BCUT2D eigenvalue weighted by atomic mass is 9.76. The smallest absolute Gasteiger partial charge is 0.134 e. The van der Waals surface area contributed by atoms with Gasteiger partial charge in [-0.3, -0.25) is 0 Å². The summed E-state index contributed by atoms with van der Waals surface area (Å²) in [7, 11) is 0. The largest absolute Gasteiger partial charge is 0.383 e. The van der Waals surface area contributed by atoms with Gasteiger partial charge in [0.05, 0.1) is 0 Å². The first-order valence-corrected chi connectivity index (χ1v) is 6.42. The Morgan fingerprint density at radius 1 is 1.29 bits per heavy atom. The van der Waals surface area contributed by atoms with E-state index < -0.39 is 0 Å². The van der Waals surface area contributed by atoms with E-state index in [1.165, 1.54) is 38.4 Å². The number of nitrogens with zero attached hydrogens (tertiary/aromatic N) is 2. The first kappa shape index (κ1) is 12.1. The number of nitrogens with one attached hydrogen (secondary N) is 1. The molecule has 0 spiro atoms. The summed E-state index contributed by atoms with van der Waals surface area (Å²) in [6, 6.07) is 0. The summed E-state index contributed by atoms with van der Waals surface area (Å²) in [6.45, 7) is 5.30. The highest BCUT2D eigenvalue weighted by molar-refractivity contribution is 5.53. The molecular formula is C13H22N4. The summed E-state index contributed by atoms with van der Waals surface area (Å²) in [4.78, 5) is 8.23. The molecule has 1 saturated carbocycles. The lowest BCUT2D eigenvalue weighted by Crippen LogP contribution is -2.29. The molecule has 1 aliphatic rings. The average Bonchev–Trinajstić information content (AvgIpc) is 2.32. The third kappa shape index (κ3) is 2.87. The summed E-state index contributed by atoms with van der Waals surface area (Å²) < 4.78 is 0. The van der Waals surface area contributed by atoms with Gasteiger partial charge in [0.2, 0.25) is 0 Å². The van der Waals surface area contributed by atoms with E-state index in [-0.39, 0.29) is 0 Å². The second-order valence-corrected chi connectivity index (χ2v) is 5.46. The maximum absolute atomic E-state index is 5.77. The number of nitrogens with two attached hydrogens (primary N) is 1. The topological polar surface area (TPSA) is 63.8 Å². The highest BCUT2D eigenvalue weighted by Gasteiger charge is 2.26. The first-order valence-electron chi connectivity index (χ1n) is 6.42. The first-order chi connectivity index (χ1) is 8.11. The molecule has 1 heterocycles. The van der Waals surface area contributed by atoms with Gasteiger partial charge in [0.1, 0.15) is 18.0 Å². The van der Waals surface area contributed by atoms with E-state index in [0.29, 0.717) is 11.2 Å². The minimum absolute atomic E-state index is 0.407. The highest BCUT2D eigenvalue weighted by atomic mass is 15.0. The van der Waals surface area contributed by atoms with E-state index >= 15 is 0 Å². The molecule has 0 aliphatic heterocycles. The molecule has 2 rings (SSSR count). The van der Waals surface area contributed by atoms with Crippen LogP contribution < -0.4 is 11.1 Å². The Morgan fingerprint density at radius 3 is 2.71 bits per heavy atom. The zero-order valence-electron chi connectivity index (χ0n) is 10.8. The third-order valence-electron chi connectivity index (χ3n) is 3.87. The van der Waals surface area contributed by atoms with Gasteiger partial charge in [0.25, 0.3) is 0 Å². The van der Waals surface area contributed by atoms with Crippen molar-refractivity contribution < 1.29 is 0 Å². The molecule has 1 fully saturated rings. The molecule has 4 heteroatoms. The highest BCUT2D eigenvalue weighted by Crippen LogP contribution is 2.35. The molecule has 1 aliphatic carbocycles. The van der Waals surface area contributed by atoms with Crippen LogP contribution >= 0.6 is 0 Å². The fourth-order valence-corrected chi connectivity index (χ4v) is 2.52. The lowest BCUT2D eigenvalue weighted by molar-refractivity contribution is 0.233. The van der Waals surface area contributed by atoms with Gasteiger partial charge in [-0.1, -0.05) is 26.2 Å². The maximum atomic E-state index is 5.77. The van der Waals surface area contributed by atoms with E-state index in [0.717, 1.165) is 17.9 Å². The summed E-state index contributed by atoms with van der Waals surface area (Å²) in [5, 5.41) is 3.43. The van der Waals surface area contributed by atoms with Crippen LogP contribution in [-0.2, 0) is 0 Å². The molecular weight excluding hydrogens is 212 g/mol. The van der Waals surface area contributed by atoms with Crippen molar-refractivity contribution in [3.8, 4) is 0 Å². The second kappa shape index (κ2) is 4.90. The van der Waals surface area contributed by atoms with Crippen molar-refractivity contribution >= 4 is 11.6 Å². The van der Waals surface area contributed by atoms with Crippen LogP contribution in [0.1, 0.15) is 44.6 Å². The number of nitrogen functional groups attached to an aromatic ring is 1. The van der Waals surface area contributed by atoms with Crippen LogP contribution in [-0.4, -0.2) is 16.5 Å². The van der Waals surface area contributed by atoms with Crippen molar-refractivity contribution in [2.75, 3.05) is 17.6 Å². The molecule has 0 unspecified atom stereocenters. The van der Waals surface area contributed by atoms with Crippen molar-refractivity contribution in [2.45, 2.75) is 46.0 Å². The molecule has 4 nitrogen and oxygen atoms in total. The van der Waals surface area contributed by atoms with Gasteiger partial charge in [0.15, 0.2) is 0 Å². The zero-order valence-corrected chi connectivity index (χ0v) is 10.8. The number of hydrogen-bond acceptors (Lipinski definition) is 4. The molecule has 1 aromatic rings. The summed E-state index contributed by atoms with van der Waals surface area (Å²) in [5.74, 6) is 1.44. The van der Waals surface area contributed by atoms with Gasteiger partial charge in [0, 0.05) is 12.1 Å². The summed E-state index contributed by atoms with van der Waals surface area (Å²) >= 11 is 0. The van der Waals surface area contributed by atoms with Crippen LogP contribution in [0.5, 0.6) is 0 Å². The lowest BCUT2D eigenvalue weighted by Gasteiger charge is -2.34. The Labute approximate surface area is 103 Å². The fraction of sp³-hybridized carbons (Fsp3) is 0.692. The molecule has 17 heavy (non-hydrogen) atoms. The number of aromatic nitrogens is 2. The van der Waals surface area contributed by atoms with Gasteiger partial charge in [-0.15, -0.1) is 0 Å². The van der Waals surface area contributed by atoms with Crippen LogP contribution in [0.3, 0.4) is 0 Å². The Morgan fingerprint density at radius 2 is 2.00 bits per heavy atom.